The van der Waals surface area contributed by atoms with Crippen LogP contribution in [0, 0.1) is 0 Å². The Labute approximate surface area is 157 Å². The third-order valence-corrected chi connectivity index (χ3v) is 5.69. The molecule has 0 amide bonds. The Morgan fingerprint density at radius 3 is 2.38 bits per heavy atom. The standard InChI is InChI=1S/C18H18ClN3O3S/c1-22-13-20-18(17(22)19)26(23,24)21-11-14-7-5-6-8-15(14)12-25-16-9-3-2-4-10-16/h2-10,13,21H,11-12H2,1H3. The molecule has 8 heteroatoms. The number of para-hydroxylation sites is 1. The molecule has 136 valence electrons. The van der Waals surface area contributed by atoms with E-state index in [1.807, 2.05) is 54.6 Å². The molecule has 3 rings (SSSR count). The summed E-state index contributed by atoms with van der Waals surface area (Å²) in [5.74, 6) is 0.753. The number of ether oxygens (including phenoxy) is 1. The molecule has 0 aliphatic carbocycles. The quantitative estimate of drug-likeness (QED) is 0.671. The van der Waals surface area contributed by atoms with Crippen molar-refractivity contribution in [2.75, 3.05) is 0 Å². The summed E-state index contributed by atoms with van der Waals surface area (Å²) in [5.41, 5.74) is 1.71. The molecule has 0 saturated heterocycles. The van der Waals surface area contributed by atoms with Crippen LogP contribution in [-0.2, 0) is 30.2 Å². The number of rotatable bonds is 7. The van der Waals surface area contributed by atoms with Crippen LogP contribution in [-0.4, -0.2) is 18.0 Å². The van der Waals surface area contributed by atoms with Gasteiger partial charge < -0.3 is 9.30 Å². The van der Waals surface area contributed by atoms with Gasteiger partial charge in [0.2, 0.25) is 5.03 Å². The van der Waals surface area contributed by atoms with E-state index in [4.69, 9.17) is 16.3 Å². The maximum atomic E-state index is 12.4. The van der Waals surface area contributed by atoms with Crippen LogP contribution in [0.25, 0.3) is 0 Å². The number of aromatic nitrogens is 2. The fourth-order valence-electron chi connectivity index (χ4n) is 2.36. The molecule has 0 unspecified atom stereocenters. The summed E-state index contributed by atoms with van der Waals surface area (Å²) in [6.07, 6.45) is 1.36. The zero-order chi connectivity index (χ0) is 18.6. The minimum absolute atomic E-state index is 0.0678. The van der Waals surface area contributed by atoms with E-state index in [1.165, 1.54) is 10.9 Å². The largest absolute Gasteiger partial charge is 0.489 e. The molecule has 0 saturated carbocycles. The van der Waals surface area contributed by atoms with Crippen molar-refractivity contribution < 1.29 is 13.2 Å². The van der Waals surface area contributed by atoms with Crippen LogP contribution >= 0.6 is 11.6 Å². The minimum Gasteiger partial charge on any atom is -0.489 e. The van der Waals surface area contributed by atoms with E-state index in [0.717, 1.165) is 16.9 Å². The van der Waals surface area contributed by atoms with Gasteiger partial charge in [0.25, 0.3) is 10.0 Å². The van der Waals surface area contributed by atoms with E-state index in [1.54, 1.807) is 7.05 Å². The Bertz CT molecular complexity index is 988. The fraction of sp³-hybridized carbons (Fsp3) is 0.167. The monoisotopic (exact) mass is 391 g/mol. The van der Waals surface area contributed by atoms with E-state index in [2.05, 4.69) is 9.71 Å². The Morgan fingerprint density at radius 1 is 1.08 bits per heavy atom. The first-order valence-electron chi connectivity index (χ1n) is 7.88. The molecule has 0 radical (unpaired) electrons. The molecule has 3 aromatic rings. The van der Waals surface area contributed by atoms with Gasteiger partial charge in [-0.1, -0.05) is 54.1 Å². The molecular formula is C18H18ClN3O3S. The van der Waals surface area contributed by atoms with Gasteiger partial charge in [-0.3, -0.25) is 0 Å². The molecule has 6 nitrogen and oxygen atoms in total. The van der Waals surface area contributed by atoms with Gasteiger partial charge in [0, 0.05) is 13.6 Å². The van der Waals surface area contributed by atoms with E-state index in [9.17, 15) is 8.42 Å². The number of halogens is 1. The minimum atomic E-state index is -3.81. The van der Waals surface area contributed by atoms with Crippen LogP contribution in [0.5, 0.6) is 5.75 Å². The lowest BCUT2D eigenvalue weighted by Gasteiger charge is -2.12. The van der Waals surface area contributed by atoms with Crippen molar-refractivity contribution in [2.24, 2.45) is 7.05 Å². The fourth-order valence-corrected chi connectivity index (χ4v) is 3.79. The number of aryl methyl sites for hydroxylation is 1. The van der Waals surface area contributed by atoms with Crippen LogP contribution < -0.4 is 9.46 Å². The van der Waals surface area contributed by atoms with Crippen molar-refractivity contribution in [3.63, 3.8) is 0 Å². The lowest BCUT2D eigenvalue weighted by molar-refractivity contribution is 0.305. The van der Waals surface area contributed by atoms with E-state index in [0.29, 0.717) is 6.61 Å². The number of benzene rings is 2. The summed E-state index contributed by atoms with van der Waals surface area (Å²) in [5, 5.41) is -0.113. The van der Waals surface area contributed by atoms with Gasteiger partial charge in [-0.2, -0.15) is 0 Å². The number of hydrogen-bond acceptors (Lipinski definition) is 4. The van der Waals surface area contributed by atoms with Crippen LogP contribution in [0.15, 0.2) is 66.0 Å². The summed E-state index contributed by atoms with van der Waals surface area (Å²) in [4.78, 5) is 3.85. The zero-order valence-corrected chi connectivity index (χ0v) is 15.7. The summed E-state index contributed by atoms with van der Waals surface area (Å²) in [6.45, 7) is 0.454. The SMILES string of the molecule is Cn1cnc(S(=O)(=O)NCc2ccccc2COc2ccccc2)c1Cl. The lowest BCUT2D eigenvalue weighted by Crippen LogP contribution is -2.24. The molecular weight excluding hydrogens is 374 g/mol. The Morgan fingerprint density at radius 2 is 1.73 bits per heavy atom. The van der Waals surface area contributed by atoms with Gasteiger partial charge in [-0.05, 0) is 23.3 Å². The first-order valence-corrected chi connectivity index (χ1v) is 9.74. The number of nitrogens with one attached hydrogen (secondary N) is 1. The Hall–Kier alpha value is -2.35. The second kappa shape index (κ2) is 7.90. The second-order valence-corrected chi connectivity index (χ2v) is 7.69. The molecule has 1 N–H and O–H groups in total. The van der Waals surface area contributed by atoms with Crippen molar-refractivity contribution in [1.29, 1.82) is 0 Å². The number of imidazole rings is 1. The Balaban J connectivity index is 1.71. The molecule has 0 aliphatic rings. The highest BCUT2D eigenvalue weighted by atomic mass is 35.5. The molecule has 0 fully saturated rings. The van der Waals surface area contributed by atoms with Crippen molar-refractivity contribution in [3.05, 3.63) is 77.2 Å². The molecule has 1 aromatic heterocycles. The third-order valence-electron chi connectivity index (χ3n) is 3.80. The van der Waals surface area contributed by atoms with Gasteiger partial charge in [0.15, 0.2) is 0 Å². The lowest BCUT2D eigenvalue weighted by atomic mass is 10.1. The third kappa shape index (κ3) is 4.24. The number of nitrogens with zero attached hydrogens (tertiary/aromatic N) is 2. The van der Waals surface area contributed by atoms with Gasteiger partial charge in [-0.15, -0.1) is 0 Å². The molecule has 0 aliphatic heterocycles. The van der Waals surface area contributed by atoms with Gasteiger partial charge in [0.1, 0.15) is 17.5 Å². The second-order valence-electron chi connectivity index (χ2n) is 5.65. The van der Waals surface area contributed by atoms with E-state index >= 15 is 0 Å². The first kappa shape index (κ1) is 18.4. The van der Waals surface area contributed by atoms with Crippen LogP contribution in [0.1, 0.15) is 11.1 Å². The van der Waals surface area contributed by atoms with Gasteiger partial charge >= 0.3 is 0 Å². The highest BCUT2D eigenvalue weighted by molar-refractivity contribution is 7.89. The van der Waals surface area contributed by atoms with Gasteiger partial charge in [-0.25, -0.2) is 18.1 Å². The van der Waals surface area contributed by atoms with Gasteiger partial charge in [0.05, 0.1) is 6.33 Å². The molecule has 0 spiro atoms. The van der Waals surface area contributed by atoms with E-state index < -0.39 is 10.0 Å². The zero-order valence-electron chi connectivity index (χ0n) is 14.1. The Kier molecular flexibility index (Phi) is 5.61. The van der Waals surface area contributed by atoms with Crippen molar-refractivity contribution in [1.82, 2.24) is 14.3 Å². The normalized spacial score (nSPS) is 11.5. The highest BCUT2D eigenvalue weighted by Gasteiger charge is 2.22. The summed E-state index contributed by atoms with van der Waals surface area (Å²) in [7, 11) is -2.18. The maximum Gasteiger partial charge on any atom is 0.261 e. The number of hydrogen-bond donors (Lipinski definition) is 1. The van der Waals surface area contributed by atoms with Crippen LogP contribution in [0.2, 0.25) is 5.15 Å². The summed E-state index contributed by atoms with van der Waals surface area (Å²) < 4.78 is 34.6. The maximum absolute atomic E-state index is 12.4. The predicted octanol–water partition coefficient (Wildman–Crippen LogP) is 3.13. The van der Waals surface area contributed by atoms with Crippen molar-refractivity contribution in [2.45, 2.75) is 18.2 Å². The van der Waals surface area contributed by atoms with Crippen LogP contribution in [0.4, 0.5) is 0 Å². The molecule has 26 heavy (non-hydrogen) atoms. The van der Waals surface area contributed by atoms with Crippen molar-refractivity contribution >= 4 is 21.6 Å². The van der Waals surface area contributed by atoms with E-state index in [-0.39, 0.29) is 16.7 Å². The summed E-state index contributed by atoms with van der Waals surface area (Å²) in [6, 6.07) is 16.9. The van der Waals surface area contributed by atoms with Crippen molar-refractivity contribution in [3.8, 4) is 5.75 Å². The smallest absolute Gasteiger partial charge is 0.261 e. The van der Waals surface area contributed by atoms with Crippen LogP contribution in [0.3, 0.4) is 0 Å². The predicted molar refractivity (Wildman–Crippen MR) is 99.5 cm³/mol. The molecule has 1 heterocycles. The number of sulfonamides is 1. The average molecular weight is 392 g/mol. The average Bonchev–Trinajstić information content (AvgIpc) is 2.99. The summed E-state index contributed by atoms with van der Waals surface area (Å²) >= 11 is 5.99. The first-order chi connectivity index (χ1) is 12.5. The highest BCUT2D eigenvalue weighted by Crippen LogP contribution is 2.19. The molecule has 0 atom stereocenters. The molecule has 0 bridgehead atoms. The molecule has 2 aromatic carbocycles. The topological polar surface area (TPSA) is 73.2 Å².